The SMILES string of the molecule is c1ccc2c(c1)Cc1c-2ccc2c1Cc1ccc3c4cccnc4n4ccnc4c3c1-2. The highest BCUT2D eigenvalue weighted by molar-refractivity contribution is 6.17. The number of rotatable bonds is 0. The third-order valence-corrected chi connectivity index (χ3v) is 7.20. The van der Waals surface area contributed by atoms with Crippen LogP contribution in [0.15, 0.2) is 79.3 Å². The molecule has 0 fully saturated rings. The number of aromatic nitrogens is 3. The van der Waals surface area contributed by atoms with Gasteiger partial charge in [-0.25, -0.2) is 9.97 Å². The molecule has 0 atom stereocenters. The highest BCUT2D eigenvalue weighted by Crippen LogP contribution is 2.49. The first-order chi connectivity index (χ1) is 15.4. The van der Waals surface area contributed by atoms with Crippen molar-refractivity contribution in [2.45, 2.75) is 12.8 Å². The first kappa shape index (κ1) is 15.8. The topological polar surface area (TPSA) is 30.2 Å². The molecule has 0 amide bonds. The maximum atomic E-state index is 4.78. The van der Waals surface area contributed by atoms with Gasteiger partial charge >= 0.3 is 0 Å². The van der Waals surface area contributed by atoms with Crippen molar-refractivity contribution < 1.29 is 0 Å². The predicted octanol–water partition coefficient (Wildman–Crippen LogP) is 6.18. The van der Waals surface area contributed by atoms with Crippen LogP contribution < -0.4 is 0 Å². The summed E-state index contributed by atoms with van der Waals surface area (Å²) in [6.45, 7) is 0. The van der Waals surface area contributed by atoms with E-state index < -0.39 is 0 Å². The highest BCUT2D eigenvalue weighted by atomic mass is 15.0. The summed E-state index contributed by atoms with van der Waals surface area (Å²) in [5, 5.41) is 3.65. The third kappa shape index (κ3) is 1.85. The number of nitrogens with zero attached hydrogens (tertiary/aromatic N) is 3. The predicted molar refractivity (Wildman–Crippen MR) is 124 cm³/mol. The average molecular weight is 395 g/mol. The quantitative estimate of drug-likeness (QED) is 0.287. The summed E-state index contributed by atoms with van der Waals surface area (Å²) in [6, 6.07) is 22.3. The number of pyridine rings is 2. The number of benzene rings is 3. The zero-order chi connectivity index (χ0) is 20.1. The van der Waals surface area contributed by atoms with Crippen LogP contribution in [0.25, 0.3) is 49.7 Å². The highest BCUT2D eigenvalue weighted by Gasteiger charge is 2.29. The second-order valence-electron chi connectivity index (χ2n) is 8.65. The van der Waals surface area contributed by atoms with Gasteiger partial charge in [-0.1, -0.05) is 48.5 Å². The van der Waals surface area contributed by atoms with Gasteiger partial charge in [0, 0.05) is 29.4 Å². The minimum Gasteiger partial charge on any atom is -0.283 e. The molecule has 0 saturated carbocycles. The van der Waals surface area contributed by atoms with Gasteiger partial charge in [0.2, 0.25) is 0 Å². The van der Waals surface area contributed by atoms with Gasteiger partial charge in [-0.2, -0.15) is 0 Å². The van der Waals surface area contributed by atoms with E-state index in [2.05, 4.69) is 64.0 Å². The standard InChI is InChI=1S/C28H17N3/c1-2-5-18-16(4-1)14-23-19(18)9-10-21-24(23)15-17-7-8-20-22-6-3-11-29-27(22)31-13-12-30-28(31)26(20)25(17)21/h1-13H,14-15H2. The van der Waals surface area contributed by atoms with E-state index in [0.717, 1.165) is 24.1 Å². The van der Waals surface area contributed by atoms with Crippen molar-refractivity contribution >= 4 is 27.5 Å². The summed E-state index contributed by atoms with van der Waals surface area (Å²) in [5.74, 6) is 0. The molecule has 3 aromatic heterocycles. The molecule has 31 heavy (non-hydrogen) atoms. The molecular formula is C28H17N3. The summed E-state index contributed by atoms with van der Waals surface area (Å²) in [6.07, 6.45) is 7.80. The Kier molecular flexibility index (Phi) is 2.74. The fourth-order valence-corrected chi connectivity index (χ4v) is 5.92. The Morgan fingerprint density at radius 2 is 1.45 bits per heavy atom. The Labute approximate surface area is 178 Å². The van der Waals surface area contributed by atoms with Gasteiger partial charge in [0.1, 0.15) is 11.3 Å². The molecule has 144 valence electrons. The largest absolute Gasteiger partial charge is 0.283 e. The van der Waals surface area contributed by atoms with Crippen LogP contribution in [0.2, 0.25) is 0 Å². The third-order valence-electron chi connectivity index (χ3n) is 7.20. The molecule has 3 heterocycles. The van der Waals surface area contributed by atoms with Gasteiger partial charge in [-0.05, 0) is 74.9 Å². The summed E-state index contributed by atoms with van der Waals surface area (Å²) < 4.78 is 2.14. The van der Waals surface area contributed by atoms with E-state index in [1.54, 1.807) is 0 Å². The van der Waals surface area contributed by atoms with Crippen LogP contribution in [0.5, 0.6) is 0 Å². The lowest BCUT2D eigenvalue weighted by Gasteiger charge is -2.12. The van der Waals surface area contributed by atoms with Crippen LogP contribution in [-0.2, 0) is 12.8 Å². The van der Waals surface area contributed by atoms with E-state index in [-0.39, 0.29) is 0 Å². The van der Waals surface area contributed by atoms with Crippen molar-refractivity contribution in [3.63, 3.8) is 0 Å². The Morgan fingerprint density at radius 3 is 2.45 bits per heavy atom. The maximum absolute atomic E-state index is 4.78. The molecule has 0 spiro atoms. The molecule has 3 heteroatoms. The normalized spacial score (nSPS) is 13.5. The molecule has 0 bridgehead atoms. The van der Waals surface area contributed by atoms with Gasteiger partial charge < -0.3 is 0 Å². The van der Waals surface area contributed by atoms with Crippen molar-refractivity contribution in [3.8, 4) is 22.3 Å². The second kappa shape index (κ2) is 5.38. The van der Waals surface area contributed by atoms with Gasteiger partial charge in [0.25, 0.3) is 0 Å². The number of hydrogen-bond acceptors (Lipinski definition) is 2. The van der Waals surface area contributed by atoms with Crippen LogP contribution >= 0.6 is 0 Å². The summed E-state index contributed by atoms with van der Waals surface area (Å²) in [5.41, 5.74) is 13.3. The summed E-state index contributed by atoms with van der Waals surface area (Å²) >= 11 is 0. The van der Waals surface area contributed by atoms with E-state index in [1.807, 2.05) is 24.7 Å². The van der Waals surface area contributed by atoms with E-state index in [0.29, 0.717) is 0 Å². The first-order valence-corrected chi connectivity index (χ1v) is 10.8. The fourth-order valence-electron chi connectivity index (χ4n) is 5.92. The van der Waals surface area contributed by atoms with Crippen molar-refractivity contribution in [1.82, 2.24) is 14.4 Å². The van der Waals surface area contributed by atoms with Crippen LogP contribution in [0, 0.1) is 0 Å². The lowest BCUT2D eigenvalue weighted by Crippen LogP contribution is -1.95. The van der Waals surface area contributed by atoms with Crippen molar-refractivity contribution in [1.29, 1.82) is 0 Å². The molecule has 0 N–H and O–H groups in total. The van der Waals surface area contributed by atoms with Crippen molar-refractivity contribution in [2.24, 2.45) is 0 Å². The molecule has 3 nitrogen and oxygen atoms in total. The molecule has 0 aliphatic heterocycles. The van der Waals surface area contributed by atoms with Crippen LogP contribution in [0.4, 0.5) is 0 Å². The second-order valence-corrected chi connectivity index (χ2v) is 8.65. The van der Waals surface area contributed by atoms with Crippen LogP contribution in [0.3, 0.4) is 0 Å². The fraction of sp³-hybridized carbons (Fsp3) is 0.0714. The molecule has 8 rings (SSSR count). The van der Waals surface area contributed by atoms with Crippen molar-refractivity contribution in [3.05, 3.63) is 102 Å². The van der Waals surface area contributed by atoms with E-state index in [4.69, 9.17) is 4.98 Å². The van der Waals surface area contributed by atoms with Crippen LogP contribution in [0.1, 0.15) is 22.3 Å². The Bertz CT molecular complexity index is 1740. The molecule has 0 radical (unpaired) electrons. The van der Waals surface area contributed by atoms with E-state index in [1.165, 1.54) is 60.7 Å². The minimum absolute atomic E-state index is 0.963. The molecule has 3 aromatic carbocycles. The average Bonchev–Trinajstić information content (AvgIpc) is 3.53. The zero-order valence-electron chi connectivity index (χ0n) is 16.8. The number of hydrogen-bond donors (Lipinski definition) is 0. The summed E-state index contributed by atoms with van der Waals surface area (Å²) in [7, 11) is 0. The van der Waals surface area contributed by atoms with E-state index >= 15 is 0 Å². The van der Waals surface area contributed by atoms with Crippen LogP contribution in [-0.4, -0.2) is 14.4 Å². The molecule has 0 unspecified atom stereocenters. The summed E-state index contributed by atoms with van der Waals surface area (Å²) in [4.78, 5) is 9.44. The molecule has 6 aromatic rings. The lowest BCUT2D eigenvalue weighted by atomic mass is 9.94. The number of fused-ring (bicyclic) bond motifs is 14. The van der Waals surface area contributed by atoms with Gasteiger partial charge in [0.05, 0.1) is 0 Å². The molecule has 0 saturated heterocycles. The maximum Gasteiger partial charge on any atom is 0.146 e. The Hall–Kier alpha value is -3.98. The Morgan fingerprint density at radius 1 is 0.613 bits per heavy atom. The Balaban J connectivity index is 1.51. The van der Waals surface area contributed by atoms with E-state index in [9.17, 15) is 0 Å². The first-order valence-electron chi connectivity index (χ1n) is 10.8. The van der Waals surface area contributed by atoms with Gasteiger partial charge in [-0.3, -0.25) is 4.40 Å². The molecule has 2 aliphatic rings. The molecular weight excluding hydrogens is 378 g/mol. The smallest absolute Gasteiger partial charge is 0.146 e. The monoisotopic (exact) mass is 395 g/mol. The van der Waals surface area contributed by atoms with Crippen molar-refractivity contribution in [2.75, 3.05) is 0 Å². The minimum atomic E-state index is 0.963. The molecule has 2 aliphatic carbocycles. The number of imidazole rings is 1. The zero-order valence-corrected chi connectivity index (χ0v) is 16.8. The lowest BCUT2D eigenvalue weighted by molar-refractivity contribution is 1.16. The van der Waals surface area contributed by atoms with Gasteiger partial charge in [0.15, 0.2) is 0 Å². The van der Waals surface area contributed by atoms with Gasteiger partial charge in [-0.15, -0.1) is 0 Å².